The SMILES string of the molecule is CCCCCCCCCCC=CCCCCCCCCCCCCCCCC(=O)OC(COC(=O)CCCCCCCCCCCCCCCCCCCCCCCCCCCCCCCCCCCCCCCC)COP(=O)(O)OCC[N+](C)(C)C. The average molecular weight is 1250 g/mol. The monoisotopic (exact) mass is 1250 g/mol. The van der Waals surface area contributed by atoms with Gasteiger partial charge in [-0.3, -0.25) is 18.6 Å². The van der Waals surface area contributed by atoms with E-state index in [2.05, 4.69) is 26.0 Å². The van der Waals surface area contributed by atoms with Gasteiger partial charge in [0.2, 0.25) is 0 Å². The first-order chi connectivity index (χ1) is 42.5. The highest BCUT2D eigenvalue weighted by molar-refractivity contribution is 7.47. The summed E-state index contributed by atoms with van der Waals surface area (Å²) in [7, 11) is 1.50. The Morgan fingerprint density at radius 3 is 0.851 bits per heavy atom. The van der Waals surface area contributed by atoms with Crippen LogP contribution in [0.15, 0.2) is 12.2 Å². The van der Waals surface area contributed by atoms with E-state index in [1.54, 1.807) is 0 Å². The lowest BCUT2D eigenvalue weighted by atomic mass is 10.0. The summed E-state index contributed by atoms with van der Waals surface area (Å²) in [4.78, 5) is 35.9. The summed E-state index contributed by atoms with van der Waals surface area (Å²) in [6.45, 7) is 4.52. The van der Waals surface area contributed by atoms with Crippen molar-refractivity contribution in [2.75, 3.05) is 47.5 Å². The first-order valence-electron chi connectivity index (χ1n) is 38.9. The van der Waals surface area contributed by atoms with Gasteiger partial charge in [-0.2, -0.15) is 0 Å². The molecule has 0 spiro atoms. The number of allylic oxidation sites excluding steroid dienone is 2. The average Bonchev–Trinajstić information content (AvgIpc) is 3.49. The van der Waals surface area contributed by atoms with Crippen molar-refractivity contribution in [1.82, 2.24) is 0 Å². The van der Waals surface area contributed by atoms with Crippen LogP contribution >= 0.6 is 7.82 Å². The van der Waals surface area contributed by atoms with Gasteiger partial charge in [-0.1, -0.05) is 379 Å². The Morgan fingerprint density at radius 1 is 0.345 bits per heavy atom. The van der Waals surface area contributed by atoms with Crippen LogP contribution in [0, 0.1) is 0 Å². The highest BCUT2D eigenvalue weighted by Gasteiger charge is 2.27. The van der Waals surface area contributed by atoms with Crippen LogP contribution in [0.25, 0.3) is 0 Å². The van der Waals surface area contributed by atoms with Crippen molar-refractivity contribution in [2.24, 2.45) is 0 Å². The first-order valence-corrected chi connectivity index (χ1v) is 40.4. The minimum absolute atomic E-state index is 0.0361. The van der Waals surface area contributed by atoms with Gasteiger partial charge in [0, 0.05) is 12.8 Å². The molecular weight excluding hydrogens is 1100 g/mol. The van der Waals surface area contributed by atoms with E-state index < -0.39 is 26.5 Å². The van der Waals surface area contributed by atoms with Gasteiger partial charge in [0.15, 0.2) is 6.10 Å². The molecule has 0 amide bonds. The van der Waals surface area contributed by atoms with Crippen LogP contribution in [0.4, 0.5) is 0 Å². The molecule has 0 aromatic carbocycles. The molecular formula is C77H153NO8P+. The van der Waals surface area contributed by atoms with E-state index in [0.29, 0.717) is 23.9 Å². The molecule has 2 unspecified atom stereocenters. The maximum atomic E-state index is 12.9. The van der Waals surface area contributed by atoms with Crippen LogP contribution in [0.3, 0.4) is 0 Å². The van der Waals surface area contributed by atoms with Gasteiger partial charge >= 0.3 is 19.8 Å². The summed E-state index contributed by atoms with van der Waals surface area (Å²) in [6.07, 6.45) is 86.5. The van der Waals surface area contributed by atoms with Gasteiger partial charge in [0.25, 0.3) is 0 Å². The fourth-order valence-electron chi connectivity index (χ4n) is 12.1. The Labute approximate surface area is 543 Å². The molecule has 0 radical (unpaired) electrons. The van der Waals surface area contributed by atoms with Crippen molar-refractivity contribution < 1.29 is 42.1 Å². The fourth-order valence-corrected chi connectivity index (χ4v) is 12.8. The second-order valence-corrected chi connectivity index (χ2v) is 29.6. The smallest absolute Gasteiger partial charge is 0.462 e. The number of carbonyl (C=O) groups is 2. The molecule has 0 aliphatic rings. The number of hydrogen-bond donors (Lipinski definition) is 1. The zero-order chi connectivity index (χ0) is 63.4. The number of unbranched alkanes of at least 4 members (excludes halogenated alkanes) is 58. The van der Waals surface area contributed by atoms with Gasteiger partial charge < -0.3 is 18.9 Å². The van der Waals surface area contributed by atoms with E-state index in [1.807, 2.05) is 21.1 Å². The molecule has 0 saturated heterocycles. The molecule has 0 fully saturated rings. The third-order valence-electron chi connectivity index (χ3n) is 18.0. The number of hydrogen-bond acceptors (Lipinski definition) is 7. The van der Waals surface area contributed by atoms with Crippen LogP contribution in [-0.2, 0) is 32.7 Å². The van der Waals surface area contributed by atoms with E-state index in [0.717, 1.165) is 32.1 Å². The van der Waals surface area contributed by atoms with E-state index in [1.165, 1.54) is 353 Å². The quantitative estimate of drug-likeness (QED) is 0.0211. The van der Waals surface area contributed by atoms with Crippen molar-refractivity contribution in [2.45, 2.75) is 424 Å². The number of likely N-dealkylation sites (N-methyl/N-ethyl adjacent to an activating group) is 1. The highest BCUT2D eigenvalue weighted by atomic mass is 31.2. The Balaban J connectivity index is 3.88. The second kappa shape index (κ2) is 69.1. The first kappa shape index (κ1) is 85.8. The molecule has 518 valence electrons. The number of esters is 2. The summed E-state index contributed by atoms with van der Waals surface area (Å²) >= 11 is 0. The largest absolute Gasteiger partial charge is 0.472 e. The molecule has 0 aliphatic carbocycles. The third kappa shape index (κ3) is 73.7. The molecule has 0 aromatic rings. The summed E-state index contributed by atoms with van der Waals surface area (Å²) in [5.41, 5.74) is 0. The minimum atomic E-state index is -4.39. The van der Waals surface area contributed by atoms with Gasteiger partial charge in [-0.25, -0.2) is 4.57 Å². The highest BCUT2D eigenvalue weighted by Crippen LogP contribution is 2.43. The molecule has 0 heterocycles. The Hall–Kier alpha value is -1.25. The van der Waals surface area contributed by atoms with Crippen molar-refractivity contribution in [1.29, 1.82) is 0 Å². The lowest BCUT2D eigenvalue weighted by Gasteiger charge is -2.24. The van der Waals surface area contributed by atoms with Crippen LogP contribution in [0.5, 0.6) is 0 Å². The van der Waals surface area contributed by atoms with Crippen LogP contribution < -0.4 is 0 Å². The van der Waals surface area contributed by atoms with Gasteiger partial charge in [0.05, 0.1) is 27.7 Å². The van der Waals surface area contributed by atoms with Crippen molar-refractivity contribution in [3.8, 4) is 0 Å². The molecule has 0 aliphatic heterocycles. The molecule has 0 bridgehead atoms. The van der Waals surface area contributed by atoms with Gasteiger partial charge in [0.1, 0.15) is 19.8 Å². The van der Waals surface area contributed by atoms with Crippen molar-refractivity contribution in [3.63, 3.8) is 0 Å². The van der Waals surface area contributed by atoms with Crippen molar-refractivity contribution >= 4 is 19.8 Å². The summed E-state index contributed by atoms with van der Waals surface area (Å²) in [5.74, 6) is -0.771. The molecule has 87 heavy (non-hydrogen) atoms. The number of phosphoric acid groups is 1. The molecule has 0 aromatic heterocycles. The van der Waals surface area contributed by atoms with Gasteiger partial charge in [-0.05, 0) is 38.5 Å². The second-order valence-electron chi connectivity index (χ2n) is 28.1. The number of carbonyl (C=O) groups excluding carboxylic acids is 2. The fraction of sp³-hybridized carbons (Fsp3) is 0.948. The normalized spacial score (nSPS) is 13.0. The molecule has 2 atom stereocenters. The maximum absolute atomic E-state index is 12.9. The molecule has 9 nitrogen and oxygen atoms in total. The maximum Gasteiger partial charge on any atom is 0.472 e. The standard InChI is InChI=1S/C77H152NO8P/c1-6-8-10-12-14-16-18-20-22-24-26-28-30-32-33-34-35-36-37-38-39-40-41-42-43-44-46-47-49-51-53-55-57-59-61-63-65-67-69-76(79)83-73-75(74-85-87(81,82)84-72-71-78(3,4)5)86-77(80)70-68-66-64-62-60-58-56-54-52-50-48-45-31-29-27-25-23-21-19-17-15-13-11-9-7-2/h25,27,75H,6-24,26,28-74H2,1-5H3/p+1. The Morgan fingerprint density at radius 2 is 0.586 bits per heavy atom. The van der Waals surface area contributed by atoms with Crippen LogP contribution in [-0.4, -0.2) is 74.9 Å². The number of phosphoric ester groups is 1. The van der Waals surface area contributed by atoms with E-state index in [-0.39, 0.29) is 25.6 Å². The van der Waals surface area contributed by atoms with Gasteiger partial charge in [-0.15, -0.1) is 0 Å². The van der Waals surface area contributed by atoms with E-state index in [4.69, 9.17) is 18.5 Å². The molecule has 10 heteroatoms. The summed E-state index contributed by atoms with van der Waals surface area (Å²) in [5, 5.41) is 0. The number of nitrogens with zero attached hydrogens (tertiary/aromatic N) is 1. The molecule has 0 rings (SSSR count). The minimum Gasteiger partial charge on any atom is -0.462 e. The number of ether oxygens (including phenoxy) is 2. The summed E-state index contributed by atoms with van der Waals surface area (Å²) < 4.78 is 34.8. The van der Waals surface area contributed by atoms with Crippen LogP contribution in [0.1, 0.15) is 418 Å². The zero-order valence-electron chi connectivity index (χ0n) is 59.3. The Kier molecular flexibility index (Phi) is 68.1. The van der Waals surface area contributed by atoms with E-state index in [9.17, 15) is 19.0 Å². The lowest BCUT2D eigenvalue weighted by Crippen LogP contribution is -2.37. The lowest BCUT2D eigenvalue weighted by molar-refractivity contribution is -0.870. The molecule has 0 saturated carbocycles. The number of quaternary nitrogens is 1. The summed E-state index contributed by atoms with van der Waals surface area (Å²) in [6, 6.07) is 0. The third-order valence-corrected chi connectivity index (χ3v) is 19.0. The zero-order valence-corrected chi connectivity index (χ0v) is 60.2. The number of rotatable bonds is 74. The Bertz CT molecular complexity index is 1470. The van der Waals surface area contributed by atoms with E-state index >= 15 is 0 Å². The predicted octanol–water partition coefficient (Wildman–Crippen LogP) is 25.5. The predicted molar refractivity (Wildman–Crippen MR) is 377 cm³/mol. The van der Waals surface area contributed by atoms with Crippen LogP contribution in [0.2, 0.25) is 0 Å². The topological polar surface area (TPSA) is 108 Å². The molecule has 1 N–H and O–H groups in total. The van der Waals surface area contributed by atoms with Crippen molar-refractivity contribution in [3.05, 3.63) is 12.2 Å².